The van der Waals surface area contributed by atoms with Crippen LogP contribution in [-0.4, -0.2) is 66.4 Å². The maximum Gasteiger partial charge on any atom is 0.162 e. The van der Waals surface area contributed by atoms with Crippen LogP contribution in [-0.2, 0) is 4.43 Å². The predicted octanol–water partition coefficient (Wildman–Crippen LogP) is 3.77. The highest BCUT2D eigenvalue weighted by Crippen LogP contribution is 2.34. The summed E-state index contributed by atoms with van der Waals surface area (Å²) in [7, 11) is 8.26. The Labute approximate surface area is 149 Å². The van der Waals surface area contributed by atoms with Crippen molar-refractivity contribution in [1.82, 2.24) is 9.80 Å². The Bertz CT molecular complexity index is 277. The Hall–Kier alpha value is 0.0969. The molecule has 0 atom stereocenters. The van der Waals surface area contributed by atoms with Gasteiger partial charge in [-0.1, -0.05) is 20.8 Å². The van der Waals surface area contributed by atoms with Crippen LogP contribution in [0.2, 0.25) is 6.04 Å². The van der Waals surface area contributed by atoms with Gasteiger partial charge in [0.15, 0.2) is 9.76 Å². The maximum atomic E-state index is 6.40. The molecule has 0 unspecified atom stereocenters. The second kappa shape index (κ2) is 11.6. The summed E-state index contributed by atoms with van der Waals surface area (Å²) in [6.07, 6.45) is 7.55. The second-order valence-corrected chi connectivity index (χ2v) is 9.58. The van der Waals surface area contributed by atoms with Gasteiger partial charge >= 0.3 is 0 Å². The lowest BCUT2D eigenvalue weighted by Crippen LogP contribution is -2.31. The molecule has 0 fully saturated rings. The highest BCUT2D eigenvalue weighted by molar-refractivity contribution is 6.27. The standard InChI is InChI=1S/C19H44N2OSi/c1-9-19(4,10-2)22-23-17-18(3,13-11-15-20(5)6)14-12-16-21(7)8/h9-17,23H2,1-8H3. The van der Waals surface area contributed by atoms with Crippen molar-refractivity contribution >= 4 is 9.76 Å². The monoisotopic (exact) mass is 344 g/mol. The molecule has 0 N–H and O–H groups in total. The van der Waals surface area contributed by atoms with Crippen LogP contribution in [0.25, 0.3) is 0 Å². The van der Waals surface area contributed by atoms with Crippen LogP contribution in [0.5, 0.6) is 0 Å². The van der Waals surface area contributed by atoms with Gasteiger partial charge in [-0.3, -0.25) is 0 Å². The van der Waals surface area contributed by atoms with Crippen molar-refractivity contribution in [2.45, 2.75) is 77.9 Å². The van der Waals surface area contributed by atoms with Gasteiger partial charge in [0.1, 0.15) is 0 Å². The van der Waals surface area contributed by atoms with Gasteiger partial charge in [0.05, 0.1) is 5.60 Å². The fourth-order valence-corrected chi connectivity index (χ4v) is 5.01. The number of rotatable bonds is 14. The molecule has 0 bridgehead atoms. The molecule has 0 radical (unpaired) electrons. The Balaban J connectivity index is 4.45. The molecule has 0 aliphatic heterocycles. The van der Waals surface area contributed by atoms with Gasteiger partial charge in [-0.05, 0) is 98.2 Å². The molecule has 0 aromatic carbocycles. The molecule has 23 heavy (non-hydrogen) atoms. The van der Waals surface area contributed by atoms with Crippen molar-refractivity contribution in [3.63, 3.8) is 0 Å². The maximum absolute atomic E-state index is 6.40. The molecular formula is C19H44N2OSi. The van der Waals surface area contributed by atoms with E-state index in [9.17, 15) is 0 Å². The van der Waals surface area contributed by atoms with E-state index in [1.807, 2.05) is 0 Å². The lowest BCUT2D eigenvalue weighted by molar-refractivity contribution is 0.0815. The molecule has 0 amide bonds. The Morgan fingerprint density at radius 3 is 1.61 bits per heavy atom. The van der Waals surface area contributed by atoms with Crippen LogP contribution < -0.4 is 0 Å². The average molecular weight is 345 g/mol. The fraction of sp³-hybridized carbons (Fsp3) is 1.00. The summed E-state index contributed by atoms with van der Waals surface area (Å²) in [5, 5.41) is 0. The molecule has 3 nitrogen and oxygen atoms in total. The minimum absolute atomic E-state index is 0.125. The van der Waals surface area contributed by atoms with Gasteiger partial charge in [-0.25, -0.2) is 0 Å². The van der Waals surface area contributed by atoms with Crippen LogP contribution in [0.3, 0.4) is 0 Å². The van der Waals surface area contributed by atoms with Gasteiger partial charge in [-0.2, -0.15) is 0 Å². The molecule has 0 saturated carbocycles. The summed E-state index contributed by atoms with van der Waals surface area (Å²) in [5.74, 6) is 0. The van der Waals surface area contributed by atoms with Gasteiger partial charge in [-0.15, -0.1) is 0 Å². The van der Waals surface area contributed by atoms with Crippen LogP contribution in [0.1, 0.15) is 66.2 Å². The third-order valence-electron chi connectivity index (χ3n) is 5.42. The van der Waals surface area contributed by atoms with Crippen molar-refractivity contribution in [2.24, 2.45) is 5.41 Å². The first-order valence-electron chi connectivity index (χ1n) is 9.60. The second-order valence-electron chi connectivity index (χ2n) is 8.38. The van der Waals surface area contributed by atoms with Crippen LogP contribution in [0.15, 0.2) is 0 Å². The van der Waals surface area contributed by atoms with Crippen LogP contribution in [0, 0.1) is 5.41 Å². The Morgan fingerprint density at radius 1 is 0.826 bits per heavy atom. The van der Waals surface area contributed by atoms with Gasteiger partial charge in [0, 0.05) is 0 Å². The highest BCUT2D eigenvalue weighted by Gasteiger charge is 2.26. The van der Waals surface area contributed by atoms with Crippen molar-refractivity contribution in [2.75, 3.05) is 41.3 Å². The molecular weight excluding hydrogens is 300 g/mol. The number of hydrogen-bond acceptors (Lipinski definition) is 3. The first kappa shape index (κ1) is 23.1. The molecule has 0 aromatic heterocycles. The third kappa shape index (κ3) is 11.3. The molecule has 0 saturated heterocycles. The zero-order valence-corrected chi connectivity index (χ0v) is 18.8. The van der Waals surface area contributed by atoms with E-state index in [2.05, 4.69) is 65.7 Å². The molecule has 0 aromatic rings. The lowest BCUT2D eigenvalue weighted by Gasteiger charge is -2.34. The van der Waals surface area contributed by atoms with Crippen molar-refractivity contribution < 1.29 is 4.43 Å². The van der Waals surface area contributed by atoms with E-state index >= 15 is 0 Å². The lowest BCUT2D eigenvalue weighted by atomic mass is 9.82. The summed E-state index contributed by atoms with van der Waals surface area (Å²) >= 11 is 0. The first-order valence-corrected chi connectivity index (χ1v) is 11.2. The van der Waals surface area contributed by atoms with Crippen LogP contribution in [0.4, 0.5) is 0 Å². The summed E-state index contributed by atoms with van der Waals surface area (Å²) < 4.78 is 6.40. The van der Waals surface area contributed by atoms with E-state index in [1.54, 1.807) is 0 Å². The van der Waals surface area contributed by atoms with Gasteiger partial charge in [0.25, 0.3) is 0 Å². The fourth-order valence-electron chi connectivity index (χ4n) is 3.02. The summed E-state index contributed by atoms with van der Waals surface area (Å²) in [6.45, 7) is 11.7. The zero-order chi connectivity index (χ0) is 17.9. The summed E-state index contributed by atoms with van der Waals surface area (Å²) in [6, 6.07) is 1.32. The zero-order valence-electron chi connectivity index (χ0n) is 17.4. The molecule has 0 aliphatic carbocycles. The normalized spacial score (nSPS) is 13.8. The van der Waals surface area contributed by atoms with Crippen LogP contribution >= 0.6 is 0 Å². The minimum Gasteiger partial charge on any atom is -0.419 e. The van der Waals surface area contributed by atoms with E-state index in [4.69, 9.17) is 4.43 Å². The largest absolute Gasteiger partial charge is 0.419 e. The third-order valence-corrected chi connectivity index (χ3v) is 7.74. The first-order chi connectivity index (χ1) is 10.7. The molecule has 0 rings (SSSR count). The molecule has 4 heteroatoms. The van der Waals surface area contributed by atoms with Crippen molar-refractivity contribution in [3.05, 3.63) is 0 Å². The Kier molecular flexibility index (Phi) is 11.7. The SMILES string of the molecule is CCC(C)(CC)O[SiH2]CC(C)(CCCN(C)C)CCCN(C)C. The van der Waals surface area contributed by atoms with E-state index in [0.29, 0.717) is 5.41 Å². The van der Waals surface area contributed by atoms with Gasteiger partial charge < -0.3 is 14.2 Å². The summed E-state index contributed by atoms with van der Waals surface area (Å²) in [5.41, 5.74) is 0.598. The average Bonchev–Trinajstić information content (AvgIpc) is 2.46. The van der Waals surface area contributed by atoms with Gasteiger partial charge in [0.2, 0.25) is 0 Å². The molecule has 0 heterocycles. The molecule has 0 aliphatic rings. The van der Waals surface area contributed by atoms with E-state index in [0.717, 1.165) is 12.8 Å². The minimum atomic E-state index is -0.441. The van der Waals surface area contributed by atoms with Crippen molar-refractivity contribution in [3.8, 4) is 0 Å². The molecule has 0 spiro atoms. The van der Waals surface area contributed by atoms with E-state index in [-0.39, 0.29) is 5.60 Å². The number of hydrogen-bond donors (Lipinski definition) is 0. The number of nitrogens with zero attached hydrogens (tertiary/aromatic N) is 2. The smallest absolute Gasteiger partial charge is 0.162 e. The summed E-state index contributed by atoms with van der Waals surface area (Å²) in [4.78, 5) is 4.61. The van der Waals surface area contributed by atoms with Crippen molar-refractivity contribution in [1.29, 1.82) is 0 Å². The Morgan fingerprint density at radius 2 is 1.26 bits per heavy atom. The predicted molar refractivity (Wildman–Crippen MR) is 107 cm³/mol. The molecule has 140 valence electrons. The van der Waals surface area contributed by atoms with E-state index in [1.165, 1.54) is 44.8 Å². The quantitative estimate of drug-likeness (QED) is 0.446. The topological polar surface area (TPSA) is 15.7 Å². The highest BCUT2D eigenvalue weighted by atomic mass is 28.2. The van der Waals surface area contributed by atoms with E-state index < -0.39 is 9.76 Å².